The smallest absolute Gasteiger partial charge is 0.216 e. The minimum absolute atomic E-state index is 0.622. The van der Waals surface area contributed by atoms with E-state index >= 15 is 0 Å². The van der Waals surface area contributed by atoms with E-state index in [4.69, 9.17) is 0 Å². The van der Waals surface area contributed by atoms with Gasteiger partial charge in [0.2, 0.25) is 0 Å². The lowest BCUT2D eigenvalue weighted by Gasteiger charge is -1.95. The van der Waals surface area contributed by atoms with Gasteiger partial charge in [0, 0.05) is 5.69 Å². The molecule has 2 heterocycles. The third-order valence-electron chi connectivity index (χ3n) is 1.34. The molecule has 0 aliphatic rings. The van der Waals surface area contributed by atoms with Crippen LogP contribution in [0.5, 0.6) is 0 Å². The van der Waals surface area contributed by atoms with Crippen molar-refractivity contribution in [3.63, 3.8) is 0 Å². The summed E-state index contributed by atoms with van der Waals surface area (Å²) in [7, 11) is 0. The Morgan fingerprint density at radius 3 is 3.18 bits per heavy atom. The fourth-order valence-corrected chi connectivity index (χ4v) is 1.47. The maximum atomic E-state index is 4.16. The summed E-state index contributed by atoms with van der Waals surface area (Å²) in [5.41, 5.74) is 0.928. The maximum Gasteiger partial charge on any atom is 0.253 e. The Hall–Kier alpha value is -0.970. The average molecular weight is 213 g/mol. The fourth-order valence-electron chi connectivity index (χ4n) is 0.886. The highest BCUT2D eigenvalue weighted by Crippen LogP contribution is 2.10. The van der Waals surface area contributed by atoms with E-state index in [0.717, 1.165) is 10.3 Å². The summed E-state index contributed by atoms with van der Waals surface area (Å²) >= 11 is 3.35. The Labute approximate surface area is 71.4 Å². The summed E-state index contributed by atoms with van der Waals surface area (Å²) < 4.78 is 2.50. The first kappa shape index (κ1) is 6.72. The highest BCUT2D eigenvalue weighted by molar-refractivity contribution is 9.10. The van der Waals surface area contributed by atoms with Gasteiger partial charge in [-0.2, -0.15) is 14.6 Å². The van der Waals surface area contributed by atoms with Gasteiger partial charge in [0.1, 0.15) is 10.9 Å². The molecule has 2 aromatic heterocycles. The third-order valence-corrected chi connectivity index (χ3v) is 1.90. The minimum atomic E-state index is 0.622. The van der Waals surface area contributed by atoms with Crippen molar-refractivity contribution in [2.24, 2.45) is 0 Å². The van der Waals surface area contributed by atoms with Crippen LogP contribution in [0.3, 0.4) is 0 Å². The fraction of sp³-hybridized carbons (Fsp3) is 0.167. The molecule has 0 saturated heterocycles. The van der Waals surface area contributed by atoms with Gasteiger partial charge >= 0.3 is 0 Å². The average Bonchev–Trinajstić information content (AvgIpc) is 2.34. The molecular weight excluding hydrogens is 208 g/mol. The Morgan fingerprint density at radius 1 is 1.55 bits per heavy atom. The molecule has 4 nitrogen and oxygen atoms in total. The summed E-state index contributed by atoms with van der Waals surface area (Å²) in [4.78, 5) is 8.11. The number of aryl methyl sites for hydroxylation is 1. The molecule has 0 N–H and O–H groups in total. The van der Waals surface area contributed by atoms with Gasteiger partial charge in [-0.1, -0.05) is 0 Å². The number of halogens is 1. The zero-order valence-corrected chi connectivity index (χ0v) is 7.41. The number of fused-ring (bicyclic) bond motifs is 1. The molecule has 0 aliphatic heterocycles. The van der Waals surface area contributed by atoms with E-state index in [0.29, 0.717) is 5.78 Å². The van der Waals surface area contributed by atoms with E-state index in [1.54, 1.807) is 4.52 Å². The molecule has 0 unspecified atom stereocenters. The highest BCUT2D eigenvalue weighted by atomic mass is 79.9. The quantitative estimate of drug-likeness (QED) is 0.617. The van der Waals surface area contributed by atoms with E-state index < -0.39 is 0 Å². The van der Waals surface area contributed by atoms with Crippen LogP contribution in [0.25, 0.3) is 5.78 Å². The Balaban J connectivity index is 2.91. The summed E-state index contributed by atoms with van der Waals surface area (Å²) in [6.45, 7) is 1.92. The number of aromatic nitrogens is 4. The first-order chi connectivity index (χ1) is 5.27. The van der Waals surface area contributed by atoms with E-state index in [1.807, 2.05) is 13.0 Å². The van der Waals surface area contributed by atoms with Crippen molar-refractivity contribution in [2.75, 3.05) is 0 Å². The van der Waals surface area contributed by atoms with Gasteiger partial charge in [0.25, 0.3) is 5.78 Å². The second-order valence-electron chi connectivity index (χ2n) is 2.19. The molecule has 0 radical (unpaired) electrons. The van der Waals surface area contributed by atoms with Crippen molar-refractivity contribution < 1.29 is 0 Å². The second kappa shape index (κ2) is 2.27. The number of rotatable bonds is 0. The predicted molar refractivity (Wildman–Crippen MR) is 43.2 cm³/mol. The maximum absolute atomic E-state index is 4.16. The topological polar surface area (TPSA) is 43.1 Å². The molecule has 0 saturated carbocycles. The van der Waals surface area contributed by atoms with Crippen LogP contribution in [0.2, 0.25) is 0 Å². The lowest BCUT2D eigenvalue weighted by atomic mass is 10.5. The van der Waals surface area contributed by atoms with Gasteiger partial charge in [-0.3, -0.25) is 0 Å². The molecule has 2 aromatic rings. The zero-order chi connectivity index (χ0) is 7.84. The van der Waals surface area contributed by atoms with Gasteiger partial charge in [0.05, 0.1) is 0 Å². The van der Waals surface area contributed by atoms with Crippen molar-refractivity contribution in [3.8, 4) is 0 Å². The van der Waals surface area contributed by atoms with E-state index in [1.165, 1.54) is 6.33 Å². The number of hydrogen-bond donors (Lipinski definition) is 0. The highest BCUT2D eigenvalue weighted by Gasteiger charge is 2.00. The Bertz CT molecular complexity index is 394. The summed E-state index contributed by atoms with van der Waals surface area (Å²) in [6, 6.07) is 1.89. The zero-order valence-electron chi connectivity index (χ0n) is 5.82. The SMILES string of the molecule is Cc1cc(Br)n2ncnc2n1. The lowest BCUT2D eigenvalue weighted by Crippen LogP contribution is -1.94. The van der Waals surface area contributed by atoms with Crippen molar-refractivity contribution in [1.29, 1.82) is 0 Å². The largest absolute Gasteiger partial charge is 0.253 e. The summed E-state index contributed by atoms with van der Waals surface area (Å²) in [5, 5.41) is 3.96. The summed E-state index contributed by atoms with van der Waals surface area (Å²) in [6.07, 6.45) is 1.48. The third kappa shape index (κ3) is 1.01. The molecular formula is C6H5BrN4. The molecule has 56 valence electrons. The monoisotopic (exact) mass is 212 g/mol. The normalized spacial score (nSPS) is 10.7. The van der Waals surface area contributed by atoms with Gasteiger partial charge < -0.3 is 0 Å². The molecule has 2 rings (SSSR count). The second-order valence-corrected chi connectivity index (χ2v) is 3.00. The van der Waals surface area contributed by atoms with E-state index in [9.17, 15) is 0 Å². The predicted octanol–water partition coefficient (Wildman–Crippen LogP) is 1.20. The van der Waals surface area contributed by atoms with Crippen LogP contribution in [0.15, 0.2) is 17.0 Å². The summed E-state index contributed by atoms with van der Waals surface area (Å²) in [5.74, 6) is 0.622. The number of hydrogen-bond acceptors (Lipinski definition) is 3. The van der Waals surface area contributed by atoms with E-state index in [-0.39, 0.29) is 0 Å². The van der Waals surface area contributed by atoms with Crippen LogP contribution in [0.4, 0.5) is 0 Å². The van der Waals surface area contributed by atoms with Crippen LogP contribution in [0, 0.1) is 6.92 Å². The van der Waals surface area contributed by atoms with Gasteiger partial charge in [0.15, 0.2) is 0 Å². The van der Waals surface area contributed by atoms with Crippen molar-refractivity contribution in [3.05, 3.63) is 22.7 Å². The lowest BCUT2D eigenvalue weighted by molar-refractivity contribution is 0.904. The van der Waals surface area contributed by atoms with Crippen LogP contribution >= 0.6 is 15.9 Å². The Kier molecular flexibility index (Phi) is 1.38. The first-order valence-corrected chi connectivity index (χ1v) is 3.89. The molecule has 0 atom stereocenters. The van der Waals surface area contributed by atoms with Gasteiger partial charge in [-0.15, -0.1) is 0 Å². The van der Waals surface area contributed by atoms with Crippen LogP contribution < -0.4 is 0 Å². The van der Waals surface area contributed by atoms with E-state index in [2.05, 4.69) is 31.0 Å². The minimum Gasteiger partial charge on any atom is -0.216 e. The standard InChI is InChI=1S/C6H5BrN4/c1-4-2-5(7)11-6(10-4)8-3-9-11/h2-3H,1H3. The van der Waals surface area contributed by atoms with Crippen LogP contribution in [-0.2, 0) is 0 Å². The van der Waals surface area contributed by atoms with Gasteiger partial charge in [-0.25, -0.2) is 4.98 Å². The first-order valence-electron chi connectivity index (χ1n) is 3.10. The van der Waals surface area contributed by atoms with Crippen LogP contribution in [0.1, 0.15) is 5.69 Å². The Morgan fingerprint density at radius 2 is 2.36 bits per heavy atom. The van der Waals surface area contributed by atoms with Crippen molar-refractivity contribution >= 4 is 21.7 Å². The van der Waals surface area contributed by atoms with Gasteiger partial charge in [-0.05, 0) is 28.9 Å². The van der Waals surface area contributed by atoms with Crippen molar-refractivity contribution in [2.45, 2.75) is 6.92 Å². The molecule has 5 heteroatoms. The molecule has 0 aliphatic carbocycles. The molecule has 0 amide bonds. The molecule has 11 heavy (non-hydrogen) atoms. The molecule has 0 spiro atoms. The number of nitrogens with zero attached hydrogens (tertiary/aromatic N) is 4. The molecule has 0 fully saturated rings. The van der Waals surface area contributed by atoms with Crippen LogP contribution in [-0.4, -0.2) is 19.6 Å². The molecule has 0 aromatic carbocycles. The van der Waals surface area contributed by atoms with Crippen molar-refractivity contribution in [1.82, 2.24) is 19.6 Å². The molecule has 0 bridgehead atoms.